The molecule has 352 valence electrons. The van der Waals surface area contributed by atoms with Crippen molar-refractivity contribution in [2.75, 3.05) is 37.7 Å². The van der Waals surface area contributed by atoms with Crippen LogP contribution < -0.4 is 10.6 Å². The molecular weight excluding hydrogens is 873 g/mol. The molecule has 1 aliphatic heterocycles. The molecule has 17 heteroatoms. The van der Waals surface area contributed by atoms with Gasteiger partial charge in [-0.1, -0.05) is 75.7 Å². The predicted molar refractivity (Wildman–Crippen MR) is 250 cm³/mol. The van der Waals surface area contributed by atoms with Crippen LogP contribution in [0.25, 0.3) is 11.1 Å². The molecule has 3 N–H and O–H groups in total. The third-order valence-electron chi connectivity index (χ3n) is 11.7. The van der Waals surface area contributed by atoms with E-state index in [1.165, 1.54) is 18.2 Å². The molecule has 5 amide bonds. The highest BCUT2D eigenvalue weighted by Crippen LogP contribution is 2.41. The van der Waals surface area contributed by atoms with E-state index in [0.29, 0.717) is 44.4 Å². The van der Waals surface area contributed by atoms with E-state index in [0.717, 1.165) is 78.2 Å². The van der Waals surface area contributed by atoms with Crippen LogP contribution in [0.4, 0.5) is 13.6 Å². The fourth-order valence-corrected chi connectivity index (χ4v) is 9.83. The maximum absolute atomic E-state index is 15.4. The average Bonchev–Trinajstić information content (AvgIpc) is 3.82. The Morgan fingerprint density at radius 1 is 0.938 bits per heavy atom. The minimum Gasteiger partial charge on any atom is -0.480 e. The Hall–Kier alpha value is -5.29. The first-order valence-electron chi connectivity index (χ1n) is 22.6. The topological polar surface area (TPSA) is 167 Å². The van der Waals surface area contributed by atoms with Crippen molar-refractivity contribution in [2.45, 2.75) is 109 Å². The molecule has 2 atom stereocenters. The van der Waals surface area contributed by atoms with Crippen molar-refractivity contribution in [3.05, 3.63) is 95.8 Å². The number of ether oxygens (including phenoxy) is 1. The number of nitrogens with one attached hydrogen (secondary N) is 2. The molecule has 5 rings (SSSR count). The van der Waals surface area contributed by atoms with E-state index in [1.807, 2.05) is 41.0 Å². The number of unbranched alkanes of at least 4 members (excludes halogenated alkanes) is 2. The molecule has 0 spiro atoms. The molecular formula is C48H63F2N5O8SSi. The van der Waals surface area contributed by atoms with Crippen LogP contribution in [0, 0.1) is 17.6 Å². The molecule has 65 heavy (non-hydrogen) atoms. The summed E-state index contributed by atoms with van der Waals surface area (Å²) in [4.78, 5) is 79.0. The summed E-state index contributed by atoms with van der Waals surface area (Å²) in [5.74, 6) is -4.06. The lowest BCUT2D eigenvalue weighted by molar-refractivity contribution is -0.141. The second kappa shape index (κ2) is 24.8. The molecule has 2 unspecified atom stereocenters. The van der Waals surface area contributed by atoms with E-state index < -0.39 is 49.8 Å². The Morgan fingerprint density at radius 3 is 2.35 bits per heavy atom. The molecule has 3 aromatic rings. The Labute approximate surface area is 385 Å². The molecule has 1 fully saturated rings. The summed E-state index contributed by atoms with van der Waals surface area (Å²) in [6, 6.07) is 14.0. The van der Waals surface area contributed by atoms with Crippen molar-refractivity contribution in [2.24, 2.45) is 5.92 Å². The van der Waals surface area contributed by atoms with Crippen molar-refractivity contribution in [1.29, 1.82) is 0 Å². The fraction of sp³-hybridized carbons (Fsp3) is 0.500. The first kappa shape index (κ1) is 50.7. The van der Waals surface area contributed by atoms with Gasteiger partial charge in [-0.2, -0.15) is 0 Å². The Morgan fingerprint density at radius 2 is 1.66 bits per heavy atom. The minimum atomic E-state index is -1.42. The largest absolute Gasteiger partial charge is 0.480 e. The number of halogens is 2. The molecule has 0 saturated heterocycles. The number of benzene rings is 2. The second-order valence-electron chi connectivity index (χ2n) is 18.0. The van der Waals surface area contributed by atoms with Crippen LogP contribution in [0.3, 0.4) is 0 Å². The predicted octanol–water partition coefficient (Wildman–Crippen LogP) is 8.17. The van der Waals surface area contributed by atoms with Gasteiger partial charge in [-0.05, 0) is 73.9 Å². The number of carbonyl (C=O) groups excluding carboxylic acids is 5. The molecule has 2 aromatic carbocycles. The van der Waals surface area contributed by atoms with Gasteiger partial charge in [0, 0.05) is 81.6 Å². The van der Waals surface area contributed by atoms with Gasteiger partial charge < -0.3 is 29.9 Å². The van der Waals surface area contributed by atoms with E-state index in [-0.39, 0.29) is 66.8 Å². The smallest absolute Gasteiger partial charge is 0.407 e. The van der Waals surface area contributed by atoms with Gasteiger partial charge in [-0.15, -0.1) is 11.8 Å². The van der Waals surface area contributed by atoms with Gasteiger partial charge in [0.2, 0.25) is 11.8 Å². The average molecular weight is 936 g/mol. The maximum Gasteiger partial charge on any atom is 0.407 e. The number of hydrogen-bond donors (Lipinski definition) is 3. The van der Waals surface area contributed by atoms with Crippen molar-refractivity contribution >= 4 is 55.5 Å². The van der Waals surface area contributed by atoms with E-state index in [2.05, 4.69) is 30.3 Å². The van der Waals surface area contributed by atoms with Crippen LogP contribution in [-0.2, 0) is 35.3 Å². The molecule has 0 radical (unpaired) electrons. The van der Waals surface area contributed by atoms with Crippen molar-refractivity contribution in [3.8, 4) is 11.1 Å². The monoisotopic (exact) mass is 935 g/mol. The third-order valence-corrected chi connectivity index (χ3v) is 14.4. The minimum absolute atomic E-state index is 0.00544. The zero-order chi connectivity index (χ0) is 46.9. The second-order valence-corrected chi connectivity index (χ2v) is 24.6. The molecule has 2 aliphatic rings. The Balaban J connectivity index is 1.35. The first-order chi connectivity index (χ1) is 31.1. The van der Waals surface area contributed by atoms with E-state index in [4.69, 9.17) is 4.74 Å². The number of aliphatic carboxylic acids is 1. The van der Waals surface area contributed by atoms with Gasteiger partial charge in [0.25, 0.3) is 11.8 Å². The molecule has 1 aromatic heterocycles. The summed E-state index contributed by atoms with van der Waals surface area (Å²) in [5, 5.41) is 15.5. The van der Waals surface area contributed by atoms with Crippen molar-refractivity contribution in [1.82, 2.24) is 25.0 Å². The lowest BCUT2D eigenvalue weighted by Crippen LogP contribution is -2.44. The molecule has 2 heterocycles. The number of carbonyl (C=O) groups is 6. The number of imide groups is 1. The number of rotatable bonds is 25. The summed E-state index contributed by atoms with van der Waals surface area (Å²) < 4.78 is 37.5. The van der Waals surface area contributed by atoms with Crippen LogP contribution in [0.2, 0.25) is 25.7 Å². The zero-order valence-electron chi connectivity index (χ0n) is 37.7. The van der Waals surface area contributed by atoms with E-state index >= 15 is 4.39 Å². The Kier molecular flexibility index (Phi) is 19.4. The van der Waals surface area contributed by atoms with E-state index in [9.17, 15) is 38.3 Å². The van der Waals surface area contributed by atoms with Crippen LogP contribution in [0.15, 0.2) is 72.9 Å². The van der Waals surface area contributed by atoms with Crippen LogP contribution >= 0.6 is 11.8 Å². The highest BCUT2D eigenvalue weighted by Gasteiger charge is 2.36. The Bertz CT molecular complexity index is 2120. The van der Waals surface area contributed by atoms with Gasteiger partial charge in [0.05, 0.1) is 18.4 Å². The normalized spacial score (nSPS) is 15.2. The maximum atomic E-state index is 15.4. The van der Waals surface area contributed by atoms with Crippen LogP contribution in [-0.4, -0.2) is 107 Å². The molecule has 13 nitrogen and oxygen atoms in total. The van der Waals surface area contributed by atoms with Crippen LogP contribution in [0.1, 0.15) is 81.5 Å². The highest BCUT2D eigenvalue weighted by molar-refractivity contribution is 8.00. The zero-order valence-corrected chi connectivity index (χ0v) is 39.5. The molecule has 0 bridgehead atoms. The summed E-state index contributed by atoms with van der Waals surface area (Å²) in [7, 11) is -1.42. The highest BCUT2D eigenvalue weighted by atomic mass is 32.2. The van der Waals surface area contributed by atoms with Gasteiger partial charge in [0.15, 0.2) is 0 Å². The number of thioether (sulfide) groups is 1. The summed E-state index contributed by atoms with van der Waals surface area (Å²) in [5.41, 5.74) is 2.28. The summed E-state index contributed by atoms with van der Waals surface area (Å²) >= 11 is 1.09. The SMILES string of the molecule is C[Si](C)(C)CCOC(=O)NCCCN(C(=O)CSCC(NC(=O)CCCCCN1C(=O)C=CC1=O)C(=O)O)C(c1cc(-c2cc(F)ccc2F)cn1Cc1ccccc1)C1CCCCC1. The standard InChI is InChI=1S/C48H63F2N5O8SSi/c1-65(2,3)27-26-63-48(62)51-23-13-25-55(45(59)33-64-32-40(47(60)61)52-42(56)18-11-6-12-24-54-43(57)21-22-44(54)58)46(35-16-9-5-10-17-35)41-28-36(38-29-37(49)19-20-39(38)50)31-53(41)30-34-14-7-4-8-15-34/h4,7-8,14-15,19-22,28-29,31,35,40,46H,5-6,9-13,16-18,23-27,30,32-33H2,1-3H3,(H,51,62)(H,52,56)(H,60,61). The lowest BCUT2D eigenvalue weighted by Gasteiger charge is -2.40. The number of carboxylic acids is 1. The third kappa shape index (κ3) is 16.0. The first-order valence-corrected chi connectivity index (χ1v) is 27.5. The number of amides is 5. The summed E-state index contributed by atoms with van der Waals surface area (Å²) in [6.45, 7) is 8.00. The number of hydrogen-bond acceptors (Lipinski definition) is 8. The van der Waals surface area contributed by atoms with Gasteiger partial charge in [0.1, 0.15) is 17.7 Å². The van der Waals surface area contributed by atoms with Gasteiger partial charge in [-0.25, -0.2) is 18.4 Å². The van der Waals surface area contributed by atoms with Gasteiger partial charge in [-0.3, -0.25) is 24.1 Å². The number of carboxylic acid groups (broad SMARTS) is 1. The lowest BCUT2D eigenvalue weighted by atomic mass is 9.81. The quantitative estimate of drug-likeness (QED) is 0.0432. The fourth-order valence-electron chi connectivity index (χ4n) is 8.20. The van der Waals surface area contributed by atoms with Crippen molar-refractivity contribution in [3.63, 3.8) is 0 Å². The summed E-state index contributed by atoms with van der Waals surface area (Å²) in [6.07, 6.45) is 10.2. The van der Waals surface area contributed by atoms with Crippen molar-refractivity contribution < 1.29 is 47.4 Å². The van der Waals surface area contributed by atoms with Gasteiger partial charge >= 0.3 is 12.1 Å². The van der Waals surface area contributed by atoms with Crippen LogP contribution in [0.5, 0.6) is 0 Å². The molecule has 1 aliphatic carbocycles. The number of nitrogens with zero attached hydrogens (tertiary/aromatic N) is 3. The number of alkyl carbamates (subject to hydrolysis) is 1. The van der Waals surface area contributed by atoms with E-state index in [1.54, 1.807) is 11.1 Å². The molecule has 1 saturated carbocycles. The number of aromatic nitrogens is 1.